The molecule has 0 saturated heterocycles. The van der Waals surface area contributed by atoms with Crippen LogP contribution >= 0.6 is 23.3 Å². The van der Waals surface area contributed by atoms with Gasteiger partial charge in [-0.25, -0.2) is 0 Å². The Kier molecular flexibility index (Phi) is 6.36. The van der Waals surface area contributed by atoms with Crippen LogP contribution in [-0.2, 0) is 0 Å². The SMILES string of the molecule is CC(C)(C)SNC1CCC(CNc2nnc(-c3ccccc3)s2)CC1. The lowest BCUT2D eigenvalue weighted by Gasteiger charge is -2.31. The summed E-state index contributed by atoms with van der Waals surface area (Å²) in [4.78, 5) is 0. The number of benzene rings is 1. The summed E-state index contributed by atoms with van der Waals surface area (Å²) in [6.45, 7) is 7.77. The number of rotatable bonds is 6. The molecule has 4 nitrogen and oxygen atoms in total. The highest BCUT2D eigenvalue weighted by molar-refractivity contribution is 7.98. The van der Waals surface area contributed by atoms with E-state index < -0.39 is 0 Å². The molecule has 0 radical (unpaired) electrons. The molecule has 1 fully saturated rings. The Morgan fingerprint density at radius 1 is 1.08 bits per heavy atom. The molecule has 2 aromatic rings. The molecule has 1 aromatic carbocycles. The molecule has 0 bridgehead atoms. The molecule has 2 N–H and O–H groups in total. The van der Waals surface area contributed by atoms with E-state index >= 15 is 0 Å². The van der Waals surface area contributed by atoms with Crippen molar-refractivity contribution in [1.29, 1.82) is 0 Å². The third-order valence-electron chi connectivity index (χ3n) is 4.37. The number of nitrogens with one attached hydrogen (secondary N) is 2. The second-order valence-corrected chi connectivity index (χ2v) is 10.4. The Balaban J connectivity index is 1.41. The van der Waals surface area contributed by atoms with Crippen LogP contribution in [0, 0.1) is 5.92 Å². The maximum atomic E-state index is 4.30. The van der Waals surface area contributed by atoms with Gasteiger partial charge in [0.2, 0.25) is 5.13 Å². The first kappa shape index (κ1) is 18.7. The zero-order chi connectivity index (χ0) is 17.7. The van der Waals surface area contributed by atoms with E-state index in [2.05, 4.69) is 53.1 Å². The van der Waals surface area contributed by atoms with Crippen molar-refractivity contribution in [3.05, 3.63) is 30.3 Å². The van der Waals surface area contributed by atoms with Crippen LogP contribution in [0.1, 0.15) is 46.5 Å². The summed E-state index contributed by atoms with van der Waals surface area (Å²) < 4.78 is 3.94. The van der Waals surface area contributed by atoms with E-state index in [1.54, 1.807) is 11.3 Å². The molecule has 1 aliphatic carbocycles. The van der Waals surface area contributed by atoms with Gasteiger partial charge in [0.25, 0.3) is 0 Å². The summed E-state index contributed by atoms with van der Waals surface area (Å²) in [5, 5.41) is 14.0. The molecular weight excluding hydrogens is 348 g/mol. The third-order valence-corrected chi connectivity index (χ3v) is 6.36. The van der Waals surface area contributed by atoms with Crippen molar-refractivity contribution in [2.24, 2.45) is 5.92 Å². The molecule has 1 aromatic heterocycles. The van der Waals surface area contributed by atoms with Gasteiger partial charge in [0.15, 0.2) is 0 Å². The fourth-order valence-electron chi connectivity index (χ4n) is 2.97. The normalized spacial score (nSPS) is 21.2. The lowest BCUT2D eigenvalue weighted by atomic mass is 9.86. The van der Waals surface area contributed by atoms with Crippen LogP contribution in [0.3, 0.4) is 0 Å². The van der Waals surface area contributed by atoms with Crippen molar-refractivity contribution in [3.8, 4) is 10.6 Å². The minimum atomic E-state index is 0.284. The van der Waals surface area contributed by atoms with Gasteiger partial charge in [0, 0.05) is 22.9 Å². The molecule has 0 atom stereocenters. The predicted molar refractivity (Wildman–Crippen MR) is 110 cm³/mol. The molecule has 0 spiro atoms. The molecule has 1 saturated carbocycles. The Morgan fingerprint density at radius 2 is 1.80 bits per heavy atom. The van der Waals surface area contributed by atoms with Crippen LogP contribution in [0.4, 0.5) is 5.13 Å². The number of aromatic nitrogens is 2. The van der Waals surface area contributed by atoms with Crippen molar-refractivity contribution in [2.75, 3.05) is 11.9 Å². The summed E-state index contributed by atoms with van der Waals surface area (Å²) in [5.41, 5.74) is 1.14. The van der Waals surface area contributed by atoms with E-state index in [1.165, 1.54) is 25.7 Å². The number of anilines is 1. The zero-order valence-corrected chi connectivity index (χ0v) is 16.9. The van der Waals surface area contributed by atoms with Crippen LogP contribution in [0.25, 0.3) is 10.6 Å². The van der Waals surface area contributed by atoms with Crippen molar-refractivity contribution in [3.63, 3.8) is 0 Å². The van der Waals surface area contributed by atoms with Crippen LogP contribution in [0.15, 0.2) is 30.3 Å². The van der Waals surface area contributed by atoms with Crippen LogP contribution in [0.2, 0.25) is 0 Å². The average Bonchev–Trinajstić information content (AvgIpc) is 3.08. The molecule has 0 aliphatic heterocycles. The molecule has 6 heteroatoms. The van der Waals surface area contributed by atoms with Crippen LogP contribution < -0.4 is 10.0 Å². The van der Waals surface area contributed by atoms with E-state index in [-0.39, 0.29) is 4.75 Å². The van der Waals surface area contributed by atoms with E-state index in [0.29, 0.717) is 6.04 Å². The van der Waals surface area contributed by atoms with Crippen molar-refractivity contribution >= 4 is 28.4 Å². The highest BCUT2D eigenvalue weighted by Crippen LogP contribution is 2.30. The van der Waals surface area contributed by atoms with Crippen LogP contribution in [0.5, 0.6) is 0 Å². The second-order valence-electron chi connectivity index (χ2n) is 7.71. The molecular formula is C19H28N4S2. The van der Waals surface area contributed by atoms with Gasteiger partial charge in [-0.15, -0.1) is 10.2 Å². The Morgan fingerprint density at radius 3 is 2.48 bits per heavy atom. The molecule has 0 unspecified atom stereocenters. The summed E-state index contributed by atoms with van der Waals surface area (Å²) in [5.74, 6) is 0.738. The summed E-state index contributed by atoms with van der Waals surface area (Å²) in [6.07, 6.45) is 5.08. The highest BCUT2D eigenvalue weighted by Gasteiger charge is 2.23. The zero-order valence-electron chi connectivity index (χ0n) is 15.3. The summed E-state index contributed by atoms with van der Waals surface area (Å²) >= 11 is 3.51. The molecule has 3 rings (SSSR count). The largest absolute Gasteiger partial charge is 0.360 e. The first-order chi connectivity index (χ1) is 12.0. The average molecular weight is 377 g/mol. The fraction of sp³-hybridized carbons (Fsp3) is 0.579. The van der Waals surface area contributed by atoms with Crippen molar-refractivity contribution in [1.82, 2.24) is 14.9 Å². The minimum Gasteiger partial charge on any atom is -0.360 e. The van der Waals surface area contributed by atoms with Crippen molar-refractivity contribution in [2.45, 2.75) is 57.2 Å². The molecule has 1 aliphatic rings. The monoisotopic (exact) mass is 376 g/mol. The third kappa shape index (κ3) is 5.97. The molecule has 0 amide bonds. The number of nitrogens with zero attached hydrogens (tertiary/aromatic N) is 2. The molecule has 25 heavy (non-hydrogen) atoms. The maximum absolute atomic E-state index is 4.30. The fourth-order valence-corrected chi connectivity index (χ4v) is 4.48. The van der Waals surface area contributed by atoms with Gasteiger partial charge < -0.3 is 5.32 Å². The van der Waals surface area contributed by atoms with Gasteiger partial charge in [0.05, 0.1) is 0 Å². The van der Waals surface area contributed by atoms with Crippen molar-refractivity contribution < 1.29 is 0 Å². The summed E-state index contributed by atoms with van der Waals surface area (Å²) in [6, 6.07) is 10.9. The van der Waals surface area contributed by atoms with E-state index in [0.717, 1.165) is 28.2 Å². The van der Waals surface area contributed by atoms with Gasteiger partial charge in [-0.2, -0.15) is 0 Å². The maximum Gasteiger partial charge on any atom is 0.206 e. The van der Waals surface area contributed by atoms with Gasteiger partial charge in [-0.05, 0) is 52.4 Å². The number of hydrogen-bond acceptors (Lipinski definition) is 6. The smallest absolute Gasteiger partial charge is 0.206 e. The Hall–Kier alpha value is -1.11. The Bertz CT molecular complexity index is 643. The van der Waals surface area contributed by atoms with E-state index in [9.17, 15) is 0 Å². The standard InChI is InChI=1S/C19H28N4S2/c1-19(2,3)25-23-16-11-9-14(10-12-16)13-20-18-22-21-17(24-18)15-7-5-4-6-8-15/h4-8,14,16,23H,9-13H2,1-3H3,(H,20,22). The predicted octanol–water partition coefficient (Wildman–Crippen LogP) is 5.21. The number of hydrogen-bond donors (Lipinski definition) is 2. The molecule has 1 heterocycles. The first-order valence-corrected chi connectivity index (χ1v) is 10.7. The van der Waals surface area contributed by atoms with Gasteiger partial charge in [-0.3, -0.25) is 4.72 Å². The van der Waals surface area contributed by atoms with Crippen LogP contribution in [-0.4, -0.2) is 27.5 Å². The lowest BCUT2D eigenvalue weighted by molar-refractivity contribution is 0.328. The Labute approximate surface area is 159 Å². The van der Waals surface area contributed by atoms with E-state index in [4.69, 9.17) is 0 Å². The minimum absolute atomic E-state index is 0.284. The first-order valence-electron chi connectivity index (χ1n) is 9.06. The quantitative estimate of drug-likeness (QED) is 0.678. The topological polar surface area (TPSA) is 49.8 Å². The van der Waals surface area contributed by atoms with Gasteiger partial charge >= 0.3 is 0 Å². The molecule has 136 valence electrons. The highest BCUT2D eigenvalue weighted by atomic mass is 32.2. The summed E-state index contributed by atoms with van der Waals surface area (Å²) in [7, 11) is 0. The van der Waals surface area contributed by atoms with Gasteiger partial charge in [-0.1, -0.05) is 53.6 Å². The van der Waals surface area contributed by atoms with E-state index in [1.807, 2.05) is 30.1 Å². The second kappa shape index (κ2) is 8.52. The lowest BCUT2D eigenvalue weighted by Crippen LogP contribution is -2.33. The van der Waals surface area contributed by atoms with Gasteiger partial charge in [0.1, 0.15) is 5.01 Å².